The van der Waals surface area contributed by atoms with E-state index in [0.29, 0.717) is 0 Å². The molecule has 4 heteroatoms. The molecule has 0 nitrogen and oxygen atoms in total. The summed E-state index contributed by atoms with van der Waals surface area (Å²) in [6, 6.07) is 4.24. The summed E-state index contributed by atoms with van der Waals surface area (Å²) in [5, 5.41) is 1.14. The Morgan fingerprint density at radius 1 is 1.25 bits per heavy atom. The van der Waals surface area contributed by atoms with Crippen molar-refractivity contribution in [1.29, 1.82) is 0 Å². The molecule has 0 unspecified atom stereocenters. The molecule has 1 aromatic carbocycles. The van der Waals surface area contributed by atoms with Crippen LogP contribution in [0.5, 0.6) is 0 Å². The summed E-state index contributed by atoms with van der Waals surface area (Å²) in [6.45, 7) is 2.08. The van der Waals surface area contributed by atoms with E-state index in [1.165, 1.54) is 12.1 Å². The van der Waals surface area contributed by atoms with E-state index < -0.39 is 28.8 Å². The molecule has 1 rings (SSSR count). The normalized spacial score (nSPS) is 8.58. The molecule has 1 aromatic rings. The first-order chi connectivity index (χ1) is 5.24. The van der Waals surface area contributed by atoms with Gasteiger partial charge in [-0.15, -0.1) is 12.4 Å². The number of hydrogen-bond acceptors (Lipinski definition) is 0. The van der Waals surface area contributed by atoms with Crippen LogP contribution in [0.2, 0.25) is 5.02 Å². The van der Waals surface area contributed by atoms with Gasteiger partial charge in [-0.05, 0) is 0 Å². The molecule has 0 saturated heterocycles. The molecule has 0 bridgehead atoms. The zero-order chi connectivity index (χ0) is 8.27. The molecule has 0 radical (unpaired) electrons. The average molecular weight is 244 g/mol. The molecule has 0 aliphatic heterocycles. The molecule has 12 heavy (non-hydrogen) atoms. The van der Waals surface area contributed by atoms with Gasteiger partial charge in [-0.2, -0.15) is 0 Å². The summed E-state index contributed by atoms with van der Waals surface area (Å²) in [6.07, 6.45) is 0. The van der Waals surface area contributed by atoms with E-state index in [4.69, 9.17) is 0 Å². The van der Waals surface area contributed by atoms with Crippen LogP contribution in [0.4, 0.5) is 8.78 Å². The van der Waals surface area contributed by atoms with Crippen LogP contribution in [0.3, 0.4) is 0 Å². The fourth-order valence-corrected chi connectivity index (χ4v) is 3.47. The SMILES string of the molecule is C[CH2][Zn][c]1ccc(F)c(F)c1.Cl. The zero-order valence-corrected chi connectivity index (χ0v) is 10.6. The minimum absolute atomic E-state index is 0. The van der Waals surface area contributed by atoms with Crippen LogP contribution in [0.25, 0.3) is 0 Å². The Morgan fingerprint density at radius 2 is 1.92 bits per heavy atom. The molecule has 0 fully saturated rings. The summed E-state index contributed by atoms with van der Waals surface area (Å²) in [5.41, 5.74) is 0. The Bertz CT molecular complexity index is 253. The molecule has 0 aliphatic carbocycles. The van der Waals surface area contributed by atoms with E-state index >= 15 is 0 Å². The third kappa shape index (κ3) is 3.16. The largest absolute Gasteiger partial charge is 0.147 e. The molecular formula is C8H9ClF2Zn. The van der Waals surface area contributed by atoms with Gasteiger partial charge in [0.1, 0.15) is 0 Å². The summed E-state index contributed by atoms with van der Waals surface area (Å²) >= 11 is -0.747. The van der Waals surface area contributed by atoms with E-state index in [1.54, 1.807) is 6.07 Å². The Kier molecular flexibility index (Phi) is 5.60. The van der Waals surface area contributed by atoms with Crippen molar-refractivity contribution in [2.24, 2.45) is 0 Å². The van der Waals surface area contributed by atoms with Gasteiger partial charge in [0.2, 0.25) is 0 Å². The van der Waals surface area contributed by atoms with Crippen LogP contribution < -0.4 is 4.16 Å². The van der Waals surface area contributed by atoms with Gasteiger partial charge in [0, 0.05) is 0 Å². The van der Waals surface area contributed by atoms with Crippen molar-refractivity contribution in [3.8, 4) is 0 Å². The first-order valence-corrected chi connectivity index (χ1v) is 7.26. The molecule has 0 saturated carbocycles. The fraction of sp³-hybridized carbons (Fsp3) is 0.250. The van der Waals surface area contributed by atoms with Crippen LogP contribution in [0.15, 0.2) is 18.2 Å². The number of halogens is 3. The van der Waals surface area contributed by atoms with Crippen LogP contribution in [0, 0.1) is 11.6 Å². The minimum Gasteiger partial charge on any atom is -0.147 e. The van der Waals surface area contributed by atoms with Gasteiger partial charge < -0.3 is 0 Å². The molecule has 0 amide bonds. The van der Waals surface area contributed by atoms with Crippen LogP contribution in [-0.4, -0.2) is 0 Å². The minimum atomic E-state index is -0.747. The van der Waals surface area contributed by atoms with Gasteiger partial charge in [0.15, 0.2) is 0 Å². The fourth-order valence-electron chi connectivity index (χ4n) is 0.984. The van der Waals surface area contributed by atoms with E-state index in [2.05, 4.69) is 6.92 Å². The number of rotatable bonds is 2. The Hall–Kier alpha value is -0.00662. The molecule has 0 heterocycles. The van der Waals surface area contributed by atoms with Crippen molar-refractivity contribution in [1.82, 2.24) is 0 Å². The van der Waals surface area contributed by atoms with Crippen LogP contribution in [-0.2, 0) is 17.1 Å². The van der Waals surface area contributed by atoms with Gasteiger partial charge in [-0.25, -0.2) is 0 Å². The van der Waals surface area contributed by atoms with Gasteiger partial charge in [0.05, 0.1) is 0 Å². The third-order valence-electron chi connectivity index (χ3n) is 1.52. The zero-order valence-electron chi connectivity index (χ0n) is 6.81. The van der Waals surface area contributed by atoms with Gasteiger partial charge >= 0.3 is 71.8 Å². The van der Waals surface area contributed by atoms with E-state index in [9.17, 15) is 8.78 Å². The molecule has 0 aromatic heterocycles. The van der Waals surface area contributed by atoms with Crippen molar-refractivity contribution in [2.45, 2.75) is 11.9 Å². The van der Waals surface area contributed by atoms with Gasteiger partial charge in [-0.3, -0.25) is 0 Å². The topological polar surface area (TPSA) is 0 Å². The van der Waals surface area contributed by atoms with Gasteiger partial charge in [-0.1, -0.05) is 0 Å². The molecule has 0 atom stereocenters. The average Bonchev–Trinajstić information content (AvgIpc) is 1.98. The maximum atomic E-state index is 12.6. The molecule has 64 valence electrons. The maximum absolute atomic E-state index is 12.6. The summed E-state index contributed by atoms with van der Waals surface area (Å²) in [7, 11) is 0. The predicted octanol–water partition coefficient (Wildman–Crippen LogP) is 2.53. The number of benzene rings is 1. The van der Waals surface area contributed by atoms with E-state index in [0.717, 1.165) is 9.17 Å². The van der Waals surface area contributed by atoms with Crippen molar-refractivity contribution in [3.63, 3.8) is 0 Å². The van der Waals surface area contributed by atoms with E-state index in [1.807, 2.05) is 0 Å². The monoisotopic (exact) mass is 242 g/mol. The Labute approximate surface area is 84.4 Å². The maximum Gasteiger partial charge on any atom is -0.147 e. The van der Waals surface area contributed by atoms with Crippen molar-refractivity contribution in [3.05, 3.63) is 29.8 Å². The molecule has 0 aliphatic rings. The quantitative estimate of drug-likeness (QED) is 0.701. The van der Waals surface area contributed by atoms with Crippen molar-refractivity contribution >= 4 is 16.6 Å². The summed E-state index contributed by atoms with van der Waals surface area (Å²) < 4.78 is 26.0. The van der Waals surface area contributed by atoms with E-state index in [-0.39, 0.29) is 12.4 Å². The van der Waals surface area contributed by atoms with Crippen molar-refractivity contribution in [2.75, 3.05) is 0 Å². The predicted molar refractivity (Wildman–Crippen MR) is 43.7 cm³/mol. The molecule has 0 spiro atoms. The molecular weight excluding hydrogens is 235 g/mol. The first kappa shape index (κ1) is 12.0. The Morgan fingerprint density at radius 3 is 2.42 bits per heavy atom. The van der Waals surface area contributed by atoms with Crippen LogP contribution >= 0.6 is 12.4 Å². The second-order valence-electron chi connectivity index (χ2n) is 2.50. The van der Waals surface area contributed by atoms with Crippen LogP contribution in [0.1, 0.15) is 6.92 Å². The first-order valence-electron chi connectivity index (χ1n) is 3.68. The second kappa shape index (κ2) is 5.61. The summed E-state index contributed by atoms with van der Waals surface area (Å²) in [5.74, 6) is -1.45. The standard InChI is InChI=1S/C6H3F2.C2H5.ClH.Zn/c7-5-3-1-2-4-6(5)8;1-2;;/h1,3-4H;1H2,2H3;1H;. The second-order valence-corrected chi connectivity index (χ2v) is 7.36. The smallest absolute Gasteiger partial charge is 0.147 e. The molecule has 0 N–H and O–H groups in total. The third-order valence-corrected chi connectivity index (χ3v) is 4.71. The Balaban J connectivity index is 0.00000121. The summed E-state index contributed by atoms with van der Waals surface area (Å²) in [4.78, 5) is 0. The van der Waals surface area contributed by atoms with Crippen molar-refractivity contribution < 1.29 is 25.9 Å². The number of hydrogen-bond donors (Lipinski definition) is 0. The van der Waals surface area contributed by atoms with Gasteiger partial charge in [0.25, 0.3) is 0 Å².